The standard InChI is InChI=1S/C36H41N5O9S/c1-3-28-29(22-44)36(28,39-51(47,48)26-10-11-26)38-35(46)32-18-25(20-41(32)34(45)21-40(13-15-42)14-16-43)50-33-19-30(23-7-5-4-6-8-23)37-31-17-24(49-2)9-12-27(31)33/h3-9,12,17,19,25-26,28,32,39,42-43H,1,10-11,13-16,18,20-21H2,2H3,(H,38,46)/t25-,28+,32+,36-/m1/s1. The number of sulfonamides is 1. The number of aliphatic hydroxyl groups excluding tert-OH is 2. The van der Waals surface area contributed by atoms with Gasteiger partial charge in [0.25, 0.3) is 0 Å². The van der Waals surface area contributed by atoms with Crippen LogP contribution in [-0.4, -0.2) is 121 Å². The molecule has 14 nitrogen and oxygen atoms in total. The smallest absolute Gasteiger partial charge is 0.244 e. The van der Waals surface area contributed by atoms with Gasteiger partial charge >= 0.3 is 0 Å². The van der Waals surface area contributed by atoms with E-state index in [-0.39, 0.29) is 51.4 Å². The number of likely N-dealkylation sites (tertiary alicyclic amines) is 1. The van der Waals surface area contributed by atoms with Crippen molar-refractivity contribution in [3.8, 4) is 22.8 Å². The molecule has 3 aromatic rings. The SMILES string of the molecule is C=C[C@H]1C(=C=O)[C@]1(NC(=O)[C@@H]1C[C@@H](Oc2cc(-c3ccccc3)nc3cc(OC)ccc23)CN1C(=O)CN(CCO)CCO)NS(=O)(=O)C1CC1. The highest BCUT2D eigenvalue weighted by atomic mass is 32.2. The largest absolute Gasteiger partial charge is 0.497 e. The van der Waals surface area contributed by atoms with Crippen LogP contribution in [0.25, 0.3) is 22.2 Å². The fraction of sp³-hybridized carbons (Fsp3) is 0.417. The Hall–Kier alpha value is -4.63. The Morgan fingerprint density at radius 2 is 1.86 bits per heavy atom. The van der Waals surface area contributed by atoms with Crippen LogP contribution in [0.4, 0.5) is 0 Å². The number of hydrogen-bond donors (Lipinski definition) is 4. The van der Waals surface area contributed by atoms with Crippen LogP contribution in [0, 0.1) is 5.92 Å². The molecule has 2 amide bonds. The van der Waals surface area contributed by atoms with Gasteiger partial charge in [0.1, 0.15) is 35.2 Å². The van der Waals surface area contributed by atoms with E-state index in [1.165, 1.54) is 11.0 Å². The summed E-state index contributed by atoms with van der Waals surface area (Å²) < 4.78 is 40.6. The molecule has 3 aliphatic rings. The van der Waals surface area contributed by atoms with E-state index < -0.39 is 50.8 Å². The topological polar surface area (TPSA) is 188 Å². The normalized spacial score (nSPS) is 22.9. The molecule has 4 N–H and O–H groups in total. The third-order valence-electron chi connectivity index (χ3n) is 9.47. The fourth-order valence-electron chi connectivity index (χ4n) is 6.62. The molecule has 2 saturated carbocycles. The zero-order valence-electron chi connectivity index (χ0n) is 28.2. The number of nitrogens with zero attached hydrogens (tertiary/aromatic N) is 3. The van der Waals surface area contributed by atoms with E-state index in [0.717, 1.165) is 5.56 Å². The van der Waals surface area contributed by atoms with Gasteiger partial charge in [0.05, 0.1) is 61.4 Å². The van der Waals surface area contributed by atoms with Crippen molar-refractivity contribution in [3.05, 3.63) is 72.8 Å². The number of amides is 2. The highest BCUT2D eigenvalue weighted by molar-refractivity contribution is 7.90. The lowest BCUT2D eigenvalue weighted by Gasteiger charge is -2.29. The first-order valence-electron chi connectivity index (χ1n) is 16.7. The molecule has 6 rings (SSSR count). The molecule has 1 saturated heterocycles. The van der Waals surface area contributed by atoms with Gasteiger partial charge in [0.15, 0.2) is 0 Å². The Morgan fingerprint density at radius 1 is 1.14 bits per heavy atom. The van der Waals surface area contributed by atoms with Crippen LogP contribution in [0.1, 0.15) is 19.3 Å². The summed E-state index contributed by atoms with van der Waals surface area (Å²) in [4.78, 5) is 47.7. The van der Waals surface area contributed by atoms with Crippen molar-refractivity contribution < 1.29 is 42.5 Å². The minimum atomic E-state index is -3.89. The van der Waals surface area contributed by atoms with Crippen LogP contribution < -0.4 is 19.5 Å². The minimum Gasteiger partial charge on any atom is -0.497 e. The predicted octanol–water partition coefficient (Wildman–Crippen LogP) is 1.01. The molecule has 2 aromatic carbocycles. The molecule has 1 aliphatic heterocycles. The maximum Gasteiger partial charge on any atom is 0.244 e. The molecule has 2 heterocycles. The van der Waals surface area contributed by atoms with E-state index in [1.807, 2.05) is 36.4 Å². The first kappa shape index (κ1) is 36.2. The van der Waals surface area contributed by atoms with E-state index in [9.17, 15) is 33.0 Å². The zero-order valence-corrected chi connectivity index (χ0v) is 29.0. The Balaban J connectivity index is 1.32. The number of methoxy groups -OCH3 is 1. The number of pyridine rings is 1. The summed E-state index contributed by atoms with van der Waals surface area (Å²) in [6, 6.07) is 15.6. The average Bonchev–Trinajstić information content (AvgIpc) is 4.03. The van der Waals surface area contributed by atoms with Gasteiger partial charge in [0.2, 0.25) is 21.8 Å². The predicted molar refractivity (Wildman–Crippen MR) is 188 cm³/mol. The average molecular weight is 720 g/mol. The molecule has 15 heteroatoms. The molecular weight excluding hydrogens is 678 g/mol. The van der Waals surface area contributed by atoms with Crippen LogP contribution in [0.5, 0.6) is 11.5 Å². The molecule has 0 unspecified atom stereocenters. The monoisotopic (exact) mass is 719 g/mol. The summed E-state index contributed by atoms with van der Waals surface area (Å²) in [5.74, 6) is 0.839. The van der Waals surface area contributed by atoms with Gasteiger partial charge in [-0.15, -0.1) is 6.58 Å². The van der Waals surface area contributed by atoms with E-state index in [2.05, 4.69) is 16.6 Å². The van der Waals surface area contributed by atoms with Gasteiger partial charge in [-0.1, -0.05) is 36.4 Å². The Kier molecular flexibility index (Phi) is 10.6. The summed E-state index contributed by atoms with van der Waals surface area (Å²) in [5.41, 5.74) is 0.331. The van der Waals surface area contributed by atoms with Gasteiger partial charge in [-0.3, -0.25) is 14.5 Å². The number of fused-ring (bicyclic) bond motifs is 1. The molecule has 51 heavy (non-hydrogen) atoms. The van der Waals surface area contributed by atoms with Crippen molar-refractivity contribution in [3.63, 3.8) is 0 Å². The number of rotatable bonds is 16. The van der Waals surface area contributed by atoms with Crippen molar-refractivity contribution in [2.45, 2.75) is 42.3 Å². The molecule has 1 aromatic heterocycles. The number of aliphatic hydroxyl groups is 2. The maximum absolute atomic E-state index is 14.2. The Bertz CT molecular complexity index is 1960. The second kappa shape index (κ2) is 14.9. The fourth-order valence-corrected chi connectivity index (χ4v) is 8.28. The molecule has 4 atom stereocenters. The summed E-state index contributed by atoms with van der Waals surface area (Å²) >= 11 is 0. The summed E-state index contributed by atoms with van der Waals surface area (Å²) in [6.45, 7) is 3.24. The van der Waals surface area contributed by atoms with Crippen LogP contribution in [0.15, 0.2) is 72.8 Å². The van der Waals surface area contributed by atoms with Crippen LogP contribution in [-0.2, 0) is 24.4 Å². The Morgan fingerprint density at radius 3 is 2.47 bits per heavy atom. The highest BCUT2D eigenvalue weighted by Crippen LogP contribution is 2.49. The second-order valence-electron chi connectivity index (χ2n) is 12.9. The third-order valence-corrected chi connectivity index (χ3v) is 11.4. The first-order chi connectivity index (χ1) is 24.6. The van der Waals surface area contributed by atoms with Crippen molar-refractivity contribution in [1.82, 2.24) is 24.8 Å². The number of carbonyl (C=O) groups is 2. The van der Waals surface area contributed by atoms with E-state index in [4.69, 9.17) is 14.5 Å². The van der Waals surface area contributed by atoms with Crippen LogP contribution >= 0.6 is 0 Å². The summed E-state index contributed by atoms with van der Waals surface area (Å²) in [6.07, 6.45) is 1.63. The highest BCUT2D eigenvalue weighted by Gasteiger charge is 2.65. The zero-order chi connectivity index (χ0) is 36.3. The number of aromatic nitrogens is 1. The lowest BCUT2D eigenvalue weighted by atomic mass is 10.1. The molecule has 270 valence electrons. The number of hydrogen-bond acceptors (Lipinski definition) is 11. The van der Waals surface area contributed by atoms with E-state index >= 15 is 0 Å². The summed E-state index contributed by atoms with van der Waals surface area (Å²) in [7, 11) is -2.33. The second-order valence-corrected chi connectivity index (χ2v) is 14.8. The third kappa shape index (κ3) is 7.54. The van der Waals surface area contributed by atoms with Crippen molar-refractivity contribution in [2.24, 2.45) is 5.92 Å². The molecule has 0 radical (unpaired) electrons. The van der Waals surface area contributed by atoms with E-state index in [1.54, 1.807) is 36.2 Å². The Labute approximate surface area is 295 Å². The van der Waals surface area contributed by atoms with Gasteiger partial charge in [-0.25, -0.2) is 18.2 Å². The molecular formula is C36H41N5O9S. The number of ether oxygens (including phenoxy) is 2. The molecule has 2 aliphatic carbocycles. The van der Waals surface area contributed by atoms with Gasteiger partial charge in [-0.05, 0) is 25.0 Å². The van der Waals surface area contributed by atoms with E-state index in [0.29, 0.717) is 40.9 Å². The molecule has 0 spiro atoms. The number of benzene rings is 2. The van der Waals surface area contributed by atoms with Crippen LogP contribution in [0.3, 0.4) is 0 Å². The van der Waals surface area contributed by atoms with Crippen molar-refractivity contribution in [2.75, 3.05) is 46.5 Å². The lowest BCUT2D eigenvalue weighted by Crippen LogP contribution is -2.58. The van der Waals surface area contributed by atoms with Gasteiger partial charge < -0.3 is 29.9 Å². The first-order valence-corrected chi connectivity index (χ1v) is 18.3. The van der Waals surface area contributed by atoms with Crippen molar-refractivity contribution >= 4 is 38.7 Å². The van der Waals surface area contributed by atoms with Gasteiger partial charge in [-0.2, -0.15) is 4.72 Å². The molecule has 0 bridgehead atoms. The molecule has 3 fully saturated rings. The quantitative estimate of drug-likeness (QED) is 0.0941. The number of nitrogens with one attached hydrogen (secondary N) is 2. The lowest BCUT2D eigenvalue weighted by molar-refractivity contribution is -0.140. The van der Waals surface area contributed by atoms with Crippen molar-refractivity contribution in [1.29, 1.82) is 0 Å². The van der Waals surface area contributed by atoms with Crippen LogP contribution in [0.2, 0.25) is 0 Å². The summed E-state index contributed by atoms with van der Waals surface area (Å²) in [5, 5.41) is 21.8. The maximum atomic E-state index is 14.2. The number of carbonyl (C=O) groups excluding carboxylic acids is 3. The minimum absolute atomic E-state index is 0.00822. The van der Waals surface area contributed by atoms with Gasteiger partial charge in [0, 0.05) is 42.6 Å².